The van der Waals surface area contributed by atoms with E-state index >= 15 is 0 Å². The van der Waals surface area contributed by atoms with Crippen LogP contribution in [0.5, 0.6) is 5.88 Å². The molecule has 5 nitrogen and oxygen atoms in total. The number of ether oxygens (including phenoxy) is 2. The van der Waals surface area contributed by atoms with Crippen molar-refractivity contribution in [3.05, 3.63) is 16.8 Å². The van der Waals surface area contributed by atoms with Gasteiger partial charge in [0.15, 0.2) is 6.61 Å². The molecule has 0 atom stereocenters. The Morgan fingerprint density at radius 1 is 1.40 bits per heavy atom. The highest BCUT2D eigenvalue weighted by Crippen LogP contribution is 2.39. The molecule has 0 radical (unpaired) electrons. The summed E-state index contributed by atoms with van der Waals surface area (Å²) in [6.07, 6.45) is 4.65. The fourth-order valence-corrected chi connectivity index (χ4v) is 3.65. The number of carbonyl (C=O) groups is 1. The molecule has 2 aromatic rings. The van der Waals surface area contributed by atoms with Gasteiger partial charge in [-0.3, -0.25) is 0 Å². The Kier molecular flexibility index (Phi) is 3.56. The minimum atomic E-state index is -0.376. The number of fused-ring (bicyclic) bond motifs is 3. The molecule has 0 saturated carbocycles. The number of esters is 1. The lowest BCUT2D eigenvalue weighted by Gasteiger charge is -2.09. The van der Waals surface area contributed by atoms with Gasteiger partial charge in [0.05, 0.1) is 11.5 Å². The van der Waals surface area contributed by atoms with Crippen LogP contribution in [0.2, 0.25) is 0 Å². The van der Waals surface area contributed by atoms with Gasteiger partial charge in [0.2, 0.25) is 5.88 Å². The summed E-state index contributed by atoms with van der Waals surface area (Å²) in [4.78, 5) is 22.3. The fourth-order valence-electron chi connectivity index (χ4n) is 2.43. The Morgan fingerprint density at radius 2 is 2.25 bits per heavy atom. The normalized spacial score (nSPS) is 13.8. The molecule has 0 N–H and O–H groups in total. The first kappa shape index (κ1) is 13.3. The van der Waals surface area contributed by atoms with Gasteiger partial charge in [-0.15, -0.1) is 11.3 Å². The summed E-state index contributed by atoms with van der Waals surface area (Å²) in [5, 5.41) is 0.974. The highest BCUT2D eigenvalue weighted by atomic mass is 32.1. The predicted octanol–water partition coefficient (Wildman–Crippen LogP) is 2.51. The summed E-state index contributed by atoms with van der Waals surface area (Å²) >= 11 is 1.70. The Balaban J connectivity index is 1.83. The minimum Gasteiger partial charge on any atom is -0.465 e. The van der Waals surface area contributed by atoms with Gasteiger partial charge in [-0.2, -0.15) is 0 Å². The van der Waals surface area contributed by atoms with E-state index < -0.39 is 0 Å². The SMILES string of the molecule is CC(C)OC(=O)COc1ncnc2sc3c(c12)CCC3. The zero-order valence-corrected chi connectivity index (χ0v) is 12.3. The number of hydrogen-bond donors (Lipinski definition) is 0. The summed E-state index contributed by atoms with van der Waals surface area (Å²) in [5.74, 6) is 0.119. The minimum absolute atomic E-state index is 0.116. The lowest BCUT2D eigenvalue weighted by molar-refractivity contribution is -0.149. The molecular formula is C14H16N2O3S. The molecule has 20 heavy (non-hydrogen) atoms. The average Bonchev–Trinajstić information content (AvgIpc) is 2.95. The maximum Gasteiger partial charge on any atom is 0.344 e. The van der Waals surface area contributed by atoms with Gasteiger partial charge >= 0.3 is 5.97 Å². The van der Waals surface area contributed by atoms with Gasteiger partial charge in [0.1, 0.15) is 11.2 Å². The third-order valence-electron chi connectivity index (χ3n) is 3.16. The van der Waals surface area contributed by atoms with E-state index in [0.29, 0.717) is 5.88 Å². The summed E-state index contributed by atoms with van der Waals surface area (Å²) in [7, 11) is 0. The van der Waals surface area contributed by atoms with Crippen LogP contribution in [0.1, 0.15) is 30.7 Å². The predicted molar refractivity (Wildman–Crippen MR) is 76.2 cm³/mol. The van der Waals surface area contributed by atoms with Crippen molar-refractivity contribution in [3.63, 3.8) is 0 Å². The number of nitrogens with zero attached hydrogens (tertiary/aromatic N) is 2. The van der Waals surface area contributed by atoms with Crippen LogP contribution in [-0.2, 0) is 22.4 Å². The number of aryl methyl sites for hydroxylation is 2. The fraction of sp³-hybridized carbons (Fsp3) is 0.500. The number of aromatic nitrogens is 2. The van der Waals surface area contributed by atoms with Crippen LogP contribution in [0.15, 0.2) is 6.33 Å². The van der Waals surface area contributed by atoms with Crippen LogP contribution < -0.4 is 4.74 Å². The van der Waals surface area contributed by atoms with Crippen molar-refractivity contribution in [2.24, 2.45) is 0 Å². The molecular weight excluding hydrogens is 276 g/mol. The van der Waals surface area contributed by atoms with Gasteiger partial charge in [0, 0.05) is 4.88 Å². The Labute approximate surface area is 120 Å². The molecule has 0 unspecified atom stereocenters. The van der Waals surface area contributed by atoms with Crippen LogP contribution >= 0.6 is 11.3 Å². The van der Waals surface area contributed by atoms with Crippen LogP contribution in [-0.4, -0.2) is 28.6 Å². The van der Waals surface area contributed by atoms with Gasteiger partial charge in [-0.05, 0) is 38.7 Å². The lowest BCUT2D eigenvalue weighted by Crippen LogP contribution is -2.19. The van der Waals surface area contributed by atoms with Crippen molar-refractivity contribution in [2.75, 3.05) is 6.61 Å². The molecule has 0 aliphatic heterocycles. The molecule has 0 bridgehead atoms. The molecule has 2 aromatic heterocycles. The average molecular weight is 292 g/mol. The topological polar surface area (TPSA) is 61.3 Å². The maximum absolute atomic E-state index is 11.5. The van der Waals surface area contributed by atoms with Crippen LogP contribution in [0.3, 0.4) is 0 Å². The van der Waals surface area contributed by atoms with Crippen molar-refractivity contribution in [2.45, 2.75) is 39.2 Å². The second-order valence-electron chi connectivity index (χ2n) is 5.04. The second kappa shape index (κ2) is 5.36. The van der Waals surface area contributed by atoms with Crippen LogP contribution in [0.4, 0.5) is 0 Å². The molecule has 6 heteroatoms. The van der Waals surface area contributed by atoms with E-state index in [9.17, 15) is 4.79 Å². The molecule has 0 amide bonds. The van der Waals surface area contributed by atoms with E-state index in [0.717, 1.165) is 23.1 Å². The van der Waals surface area contributed by atoms with Crippen molar-refractivity contribution in [1.82, 2.24) is 9.97 Å². The largest absolute Gasteiger partial charge is 0.465 e. The smallest absolute Gasteiger partial charge is 0.344 e. The highest BCUT2D eigenvalue weighted by Gasteiger charge is 2.22. The van der Waals surface area contributed by atoms with E-state index in [1.54, 1.807) is 11.3 Å². The van der Waals surface area contributed by atoms with E-state index in [1.165, 1.54) is 23.2 Å². The third-order valence-corrected chi connectivity index (χ3v) is 4.36. The molecule has 3 rings (SSSR count). The van der Waals surface area contributed by atoms with E-state index in [-0.39, 0.29) is 18.7 Å². The van der Waals surface area contributed by atoms with Gasteiger partial charge in [0.25, 0.3) is 0 Å². The lowest BCUT2D eigenvalue weighted by atomic mass is 10.2. The maximum atomic E-state index is 11.5. The molecule has 0 fully saturated rings. The molecule has 0 saturated heterocycles. The molecule has 1 aliphatic carbocycles. The van der Waals surface area contributed by atoms with Crippen molar-refractivity contribution >= 4 is 27.5 Å². The number of hydrogen-bond acceptors (Lipinski definition) is 6. The quantitative estimate of drug-likeness (QED) is 0.810. The second-order valence-corrected chi connectivity index (χ2v) is 6.13. The van der Waals surface area contributed by atoms with E-state index in [4.69, 9.17) is 9.47 Å². The van der Waals surface area contributed by atoms with Crippen molar-refractivity contribution < 1.29 is 14.3 Å². The molecule has 1 aliphatic rings. The van der Waals surface area contributed by atoms with Crippen molar-refractivity contribution in [1.29, 1.82) is 0 Å². The summed E-state index contributed by atoms with van der Waals surface area (Å²) < 4.78 is 10.6. The van der Waals surface area contributed by atoms with Gasteiger partial charge in [-0.1, -0.05) is 0 Å². The van der Waals surface area contributed by atoms with Gasteiger partial charge in [-0.25, -0.2) is 14.8 Å². The highest BCUT2D eigenvalue weighted by molar-refractivity contribution is 7.18. The first-order chi connectivity index (χ1) is 9.65. The zero-order chi connectivity index (χ0) is 14.1. The third kappa shape index (κ3) is 2.47. The first-order valence-corrected chi connectivity index (χ1v) is 7.54. The van der Waals surface area contributed by atoms with Crippen LogP contribution in [0.25, 0.3) is 10.2 Å². The standard InChI is InChI=1S/C14H16N2O3S/c1-8(2)19-11(17)6-18-13-12-9-4-3-5-10(9)20-14(12)16-7-15-13/h7-8H,3-6H2,1-2H3. The number of rotatable bonds is 4. The Hall–Kier alpha value is -1.69. The Bertz CT molecular complexity index is 651. The molecule has 106 valence electrons. The van der Waals surface area contributed by atoms with Crippen LogP contribution in [0, 0.1) is 0 Å². The van der Waals surface area contributed by atoms with Crippen molar-refractivity contribution in [3.8, 4) is 5.88 Å². The van der Waals surface area contributed by atoms with Gasteiger partial charge < -0.3 is 9.47 Å². The molecule has 0 spiro atoms. The molecule has 0 aromatic carbocycles. The molecule has 2 heterocycles. The monoisotopic (exact) mass is 292 g/mol. The summed E-state index contributed by atoms with van der Waals surface area (Å²) in [5.41, 5.74) is 1.29. The number of thiophene rings is 1. The van der Waals surface area contributed by atoms with E-state index in [2.05, 4.69) is 9.97 Å². The first-order valence-electron chi connectivity index (χ1n) is 6.72. The number of carbonyl (C=O) groups excluding carboxylic acids is 1. The summed E-state index contributed by atoms with van der Waals surface area (Å²) in [6, 6.07) is 0. The Morgan fingerprint density at radius 3 is 3.05 bits per heavy atom. The van der Waals surface area contributed by atoms with E-state index in [1.807, 2.05) is 13.8 Å². The summed E-state index contributed by atoms with van der Waals surface area (Å²) in [6.45, 7) is 3.51. The zero-order valence-electron chi connectivity index (χ0n) is 11.5.